The fourth-order valence-corrected chi connectivity index (χ4v) is 5.95. The number of aryl methyl sites for hydroxylation is 1. The van der Waals surface area contributed by atoms with E-state index in [0.717, 1.165) is 24.2 Å². The van der Waals surface area contributed by atoms with Crippen LogP contribution in [0.15, 0.2) is 24.3 Å². The number of carbonyl (C=O) groups excluding carboxylic acids is 1. The molecule has 2 aliphatic rings. The van der Waals surface area contributed by atoms with Crippen molar-refractivity contribution in [3.8, 4) is 0 Å². The molecule has 0 unspecified atom stereocenters. The van der Waals surface area contributed by atoms with Crippen molar-refractivity contribution in [3.05, 3.63) is 35.4 Å². The van der Waals surface area contributed by atoms with Gasteiger partial charge in [0.25, 0.3) is 0 Å². The first-order chi connectivity index (χ1) is 14.3. The van der Waals surface area contributed by atoms with Crippen LogP contribution in [0.1, 0.15) is 112 Å². The Morgan fingerprint density at radius 3 is 1.69 bits per heavy atom. The summed E-state index contributed by atoms with van der Waals surface area (Å²) in [5.74, 6) is 2.54. The zero-order chi connectivity index (χ0) is 20.3. The lowest BCUT2D eigenvalue weighted by molar-refractivity contribution is 0.0600. The van der Waals surface area contributed by atoms with Gasteiger partial charge in [-0.05, 0) is 48.3 Å². The number of benzene rings is 1. The minimum Gasteiger partial charge on any atom is -0.465 e. The van der Waals surface area contributed by atoms with Crippen molar-refractivity contribution in [1.29, 1.82) is 0 Å². The molecule has 0 spiro atoms. The predicted molar refractivity (Wildman–Crippen MR) is 121 cm³/mol. The molecular weight excluding hydrogens is 356 g/mol. The molecule has 2 aliphatic carbocycles. The van der Waals surface area contributed by atoms with Crippen LogP contribution in [0.2, 0.25) is 0 Å². The molecule has 3 rings (SSSR count). The molecule has 2 nitrogen and oxygen atoms in total. The maximum Gasteiger partial charge on any atom is 0.337 e. The smallest absolute Gasteiger partial charge is 0.337 e. The molecule has 0 amide bonds. The summed E-state index contributed by atoms with van der Waals surface area (Å²) >= 11 is 0. The third-order valence-corrected chi connectivity index (χ3v) is 7.65. The third kappa shape index (κ3) is 7.15. The average Bonchev–Trinajstić information content (AvgIpc) is 2.70. The Labute approximate surface area is 178 Å². The summed E-state index contributed by atoms with van der Waals surface area (Å²) in [5.41, 5.74) is 2.03. The molecule has 0 radical (unpaired) electrons. The minimum atomic E-state index is -0.238. The second-order valence-corrected chi connectivity index (χ2v) is 9.60. The van der Waals surface area contributed by atoms with E-state index >= 15 is 0 Å². The average molecular weight is 399 g/mol. The van der Waals surface area contributed by atoms with E-state index in [0.29, 0.717) is 5.56 Å². The van der Waals surface area contributed by atoms with Crippen molar-refractivity contribution >= 4 is 5.97 Å². The summed E-state index contributed by atoms with van der Waals surface area (Å²) in [6, 6.07) is 8.14. The van der Waals surface area contributed by atoms with Crippen LogP contribution in [0.4, 0.5) is 0 Å². The first-order valence-corrected chi connectivity index (χ1v) is 12.4. The van der Waals surface area contributed by atoms with Gasteiger partial charge in [0.05, 0.1) is 12.7 Å². The van der Waals surface area contributed by atoms with Crippen LogP contribution in [0, 0.1) is 17.8 Å². The minimum absolute atomic E-state index is 0.238. The van der Waals surface area contributed by atoms with Crippen molar-refractivity contribution < 1.29 is 9.53 Å². The second kappa shape index (κ2) is 12.4. The Balaban J connectivity index is 1.66. The van der Waals surface area contributed by atoms with Gasteiger partial charge >= 0.3 is 5.97 Å². The fourth-order valence-electron chi connectivity index (χ4n) is 5.95. The van der Waals surface area contributed by atoms with Gasteiger partial charge in [-0.3, -0.25) is 0 Å². The SMILES string of the molecule is COC(=O)c1ccc(CCC(C2CCCCCCC2)C2CCCCCCC2)cc1. The molecule has 0 N–H and O–H groups in total. The lowest BCUT2D eigenvalue weighted by Gasteiger charge is -2.36. The fraction of sp³-hybridized carbons (Fsp3) is 0.741. The molecule has 0 atom stereocenters. The number of ether oxygens (including phenoxy) is 1. The highest BCUT2D eigenvalue weighted by Crippen LogP contribution is 2.40. The molecule has 2 saturated carbocycles. The molecule has 0 aromatic heterocycles. The van der Waals surface area contributed by atoms with Crippen LogP contribution in [0.5, 0.6) is 0 Å². The highest BCUT2D eigenvalue weighted by molar-refractivity contribution is 5.89. The molecule has 29 heavy (non-hydrogen) atoms. The third-order valence-electron chi connectivity index (χ3n) is 7.65. The molecular formula is C27H42O2. The number of esters is 1. The number of carbonyl (C=O) groups is 1. The van der Waals surface area contributed by atoms with E-state index in [2.05, 4.69) is 12.1 Å². The van der Waals surface area contributed by atoms with E-state index in [-0.39, 0.29) is 5.97 Å². The lowest BCUT2D eigenvalue weighted by atomic mass is 9.69. The van der Waals surface area contributed by atoms with Crippen LogP contribution in [-0.2, 0) is 11.2 Å². The summed E-state index contributed by atoms with van der Waals surface area (Å²) in [7, 11) is 1.45. The van der Waals surface area contributed by atoms with Crippen LogP contribution in [0.3, 0.4) is 0 Å². The molecule has 0 aliphatic heterocycles. The van der Waals surface area contributed by atoms with Gasteiger partial charge in [0.1, 0.15) is 0 Å². The van der Waals surface area contributed by atoms with Crippen molar-refractivity contribution in [3.63, 3.8) is 0 Å². The van der Waals surface area contributed by atoms with Crippen LogP contribution in [-0.4, -0.2) is 13.1 Å². The van der Waals surface area contributed by atoms with Gasteiger partial charge in [-0.25, -0.2) is 4.79 Å². The monoisotopic (exact) mass is 398 g/mol. The van der Waals surface area contributed by atoms with Crippen molar-refractivity contribution in [2.45, 2.75) is 103 Å². The normalized spacial score (nSPS) is 20.5. The number of rotatable bonds is 6. The predicted octanol–water partition coefficient (Wildman–Crippen LogP) is 7.74. The van der Waals surface area contributed by atoms with E-state index in [1.807, 2.05) is 12.1 Å². The van der Waals surface area contributed by atoms with Crippen molar-refractivity contribution in [2.24, 2.45) is 17.8 Å². The van der Waals surface area contributed by atoms with Gasteiger partial charge in [-0.1, -0.05) is 102 Å². The van der Waals surface area contributed by atoms with E-state index in [9.17, 15) is 4.79 Å². The quantitative estimate of drug-likeness (QED) is 0.458. The van der Waals surface area contributed by atoms with Crippen molar-refractivity contribution in [1.82, 2.24) is 0 Å². The van der Waals surface area contributed by atoms with Crippen LogP contribution >= 0.6 is 0 Å². The Hall–Kier alpha value is -1.31. The summed E-state index contributed by atoms with van der Waals surface area (Å²) in [5, 5.41) is 0. The topological polar surface area (TPSA) is 26.3 Å². The van der Waals surface area contributed by atoms with Crippen LogP contribution in [0.25, 0.3) is 0 Å². The molecule has 1 aromatic carbocycles. The number of hydrogen-bond acceptors (Lipinski definition) is 2. The molecule has 0 bridgehead atoms. The summed E-state index contributed by atoms with van der Waals surface area (Å²) < 4.78 is 4.84. The first kappa shape index (κ1) is 22.4. The molecule has 1 aromatic rings. The summed E-state index contributed by atoms with van der Waals surface area (Å²) in [4.78, 5) is 11.7. The Morgan fingerprint density at radius 2 is 1.24 bits per heavy atom. The molecule has 2 fully saturated rings. The molecule has 2 heteroatoms. The van der Waals surface area contributed by atoms with E-state index in [1.54, 1.807) is 0 Å². The number of hydrogen-bond donors (Lipinski definition) is 0. The molecule has 162 valence electrons. The number of methoxy groups -OCH3 is 1. The summed E-state index contributed by atoms with van der Waals surface area (Å²) in [6.45, 7) is 0. The summed E-state index contributed by atoms with van der Waals surface area (Å²) in [6.07, 6.45) is 22.8. The van der Waals surface area contributed by atoms with Crippen LogP contribution < -0.4 is 0 Å². The maximum absolute atomic E-state index is 11.7. The van der Waals surface area contributed by atoms with E-state index in [1.165, 1.54) is 109 Å². The highest BCUT2D eigenvalue weighted by Gasteiger charge is 2.29. The maximum atomic E-state index is 11.7. The zero-order valence-corrected chi connectivity index (χ0v) is 18.7. The zero-order valence-electron chi connectivity index (χ0n) is 18.7. The lowest BCUT2D eigenvalue weighted by Crippen LogP contribution is -2.26. The van der Waals surface area contributed by atoms with Crippen molar-refractivity contribution in [2.75, 3.05) is 7.11 Å². The highest BCUT2D eigenvalue weighted by atomic mass is 16.5. The van der Waals surface area contributed by atoms with Gasteiger partial charge in [0.2, 0.25) is 0 Å². The van der Waals surface area contributed by atoms with E-state index < -0.39 is 0 Å². The van der Waals surface area contributed by atoms with E-state index in [4.69, 9.17) is 4.74 Å². The Kier molecular flexibility index (Phi) is 9.57. The molecule has 0 saturated heterocycles. The first-order valence-electron chi connectivity index (χ1n) is 12.4. The van der Waals surface area contributed by atoms with Gasteiger partial charge in [0.15, 0.2) is 0 Å². The molecule has 0 heterocycles. The standard InChI is InChI=1S/C27H42O2/c1-29-27(28)25-19-16-22(17-20-25)18-21-26(23-12-8-4-2-5-9-13-23)24-14-10-6-3-7-11-15-24/h16-17,19-20,23-24,26H,2-15,18,21H2,1H3. The second-order valence-electron chi connectivity index (χ2n) is 9.60. The van der Waals surface area contributed by atoms with Gasteiger partial charge in [-0.2, -0.15) is 0 Å². The Morgan fingerprint density at radius 1 is 0.793 bits per heavy atom. The van der Waals surface area contributed by atoms with Gasteiger partial charge in [-0.15, -0.1) is 0 Å². The largest absolute Gasteiger partial charge is 0.465 e. The van der Waals surface area contributed by atoms with Gasteiger partial charge in [0, 0.05) is 0 Å². The van der Waals surface area contributed by atoms with Gasteiger partial charge < -0.3 is 4.74 Å². The Bertz CT molecular complexity index is 553.